The normalized spacial score (nSPS) is 35.5. The van der Waals surface area contributed by atoms with Crippen molar-refractivity contribution in [1.82, 2.24) is 0 Å². The Labute approximate surface area is 348 Å². The van der Waals surface area contributed by atoms with E-state index in [2.05, 4.69) is 0 Å². The zero-order chi connectivity index (χ0) is 43.3. The lowest BCUT2D eigenvalue weighted by molar-refractivity contribution is -0.376. The van der Waals surface area contributed by atoms with Crippen molar-refractivity contribution in [2.24, 2.45) is 22.7 Å². The van der Waals surface area contributed by atoms with Gasteiger partial charge in [-0.25, -0.2) is 0 Å². The number of rotatable bonds is 15. The molecule has 10 atom stereocenters. The first-order valence-electron chi connectivity index (χ1n) is 20.3. The first-order valence-corrected chi connectivity index (χ1v) is 20.3. The minimum atomic E-state index is -1.56. The van der Waals surface area contributed by atoms with Crippen molar-refractivity contribution >= 4 is 42.0 Å². The third-order valence-electron chi connectivity index (χ3n) is 11.5. The molecule has 18 nitrogen and oxygen atoms in total. The number of hydrogen-bond acceptors (Lipinski definition) is 18. The van der Waals surface area contributed by atoms with Crippen molar-refractivity contribution in [3.05, 3.63) is 29.8 Å². The van der Waals surface area contributed by atoms with Gasteiger partial charge in [0.15, 0.2) is 43.1 Å². The molecule has 18 heteroatoms. The smallest absolute Gasteiger partial charge is 0.303 e. The van der Waals surface area contributed by atoms with Crippen LogP contribution in [0.2, 0.25) is 0 Å². The summed E-state index contributed by atoms with van der Waals surface area (Å²) in [5.74, 6) is -2.45. The molecule has 6 fully saturated rings. The highest BCUT2D eigenvalue weighted by molar-refractivity contribution is 5.80. The van der Waals surface area contributed by atoms with Gasteiger partial charge in [0.1, 0.15) is 37.2 Å². The first kappa shape index (κ1) is 44.9. The number of carbonyl (C=O) groups excluding carboxylic acids is 6. The molecule has 0 N–H and O–H groups in total. The van der Waals surface area contributed by atoms with E-state index < -0.39 is 116 Å². The minimum Gasteiger partial charge on any atom is -0.497 e. The van der Waals surface area contributed by atoms with Crippen LogP contribution < -0.4 is 4.74 Å². The van der Waals surface area contributed by atoms with Gasteiger partial charge >= 0.3 is 35.8 Å². The maximum atomic E-state index is 13.0. The Morgan fingerprint density at radius 2 is 1.07 bits per heavy atom. The molecule has 60 heavy (non-hydrogen) atoms. The molecular formula is C42H55NO17. The fraction of sp³-hybridized carbons (Fsp3) is 0.690. The third kappa shape index (κ3) is 11.2. The van der Waals surface area contributed by atoms with Gasteiger partial charge < -0.3 is 52.1 Å². The monoisotopic (exact) mass is 845 g/mol. The van der Waals surface area contributed by atoms with Crippen molar-refractivity contribution < 1.29 is 80.9 Å². The molecule has 2 aliphatic heterocycles. The Bertz CT molecular complexity index is 1730. The number of methoxy groups -OCH3 is 1. The van der Waals surface area contributed by atoms with Crippen molar-refractivity contribution in [1.29, 1.82) is 0 Å². The van der Waals surface area contributed by atoms with Crippen LogP contribution in [-0.4, -0.2) is 129 Å². The molecule has 0 spiro atoms. The van der Waals surface area contributed by atoms with Gasteiger partial charge in [0.25, 0.3) is 0 Å². The molecule has 4 bridgehead atoms. The number of esters is 6. The molecule has 0 unspecified atom stereocenters. The Morgan fingerprint density at radius 1 is 0.617 bits per heavy atom. The predicted molar refractivity (Wildman–Crippen MR) is 204 cm³/mol. The standard InChI is InChI=1S/C42H55NO17/c1-21(44)51-19-32-35(53-23(3)46)37(55-25(5)48)34(43-18-27-8-10-31(50-7)11-9-27)40(57-32)59-39-38(56-26(6)49)36(54-24(4)47)33(20-52-22(2)45)58-41(39)60-42-15-28-12-29(16-42)14-30(13-28)17-42/h8-11,18,28-30,32-41H,12-17,19-20H2,1-7H3/t28?,29?,30?,32-,33-,34-,35-,36-,37-,38+,39-,40-,41-,42?/m1/s1. The van der Waals surface area contributed by atoms with Gasteiger partial charge in [-0.1, -0.05) is 0 Å². The molecule has 4 aliphatic carbocycles. The molecule has 0 radical (unpaired) electrons. The first-order chi connectivity index (χ1) is 28.5. The van der Waals surface area contributed by atoms with Crippen molar-refractivity contribution in [3.63, 3.8) is 0 Å². The maximum absolute atomic E-state index is 13.0. The van der Waals surface area contributed by atoms with E-state index in [9.17, 15) is 28.8 Å². The fourth-order valence-corrected chi connectivity index (χ4v) is 9.71. The van der Waals surface area contributed by atoms with Crippen LogP contribution in [0.1, 0.15) is 85.6 Å². The average molecular weight is 846 g/mol. The van der Waals surface area contributed by atoms with Crippen molar-refractivity contribution in [2.75, 3.05) is 20.3 Å². The number of ether oxygens (including phenoxy) is 11. The summed E-state index contributed by atoms with van der Waals surface area (Å²) in [5, 5.41) is 0. The van der Waals surface area contributed by atoms with Crippen LogP contribution in [0.25, 0.3) is 0 Å². The molecule has 4 saturated carbocycles. The third-order valence-corrected chi connectivity index (χ3v) is 11.5. The van der Waals surface area contributed by atoms with Gasteiger partial charge in [0, 0.05) is 47.8 Å². The van der Waals surface area contributed by atoms with Crippen LogP contribution >= 0.6 is 0 Å². The van der Waals surface area contributed by atoms with E-state index in [0.717, 1.165) is 59.3 Å². The van der Waals surface area contributed by atoms with E-state index in [-0.39, 0.29) is 0 Å². The second-order valence-electron chi connectivity index (χ2n) is 16.3. The van der Waals surface area contributed by atoms with Crippen LogP contribution in [0.3, 0.4) is 0 Å². The molecular weight excluding hydrogens is 790 g/mol. The summed E-state index contributed by atoms with van der Waals surface area (Å²) in [4.78, 5) is 79.9. The molecule has 7 rings (SSSR count). The summed E-state index contributed by atoms with van der Waals surface area (Å²) in [6.45, 7) is 6.18. The Morgan fingerprint density at radius 3 is 1.53 bits per heavy atom. The summed E-state index contributed by atoms with van der Waals surface area (Å²) >= 11 is 0. The van der Waals surface area contributed by atoms with Crippen LogP contribution in [0, 0.1) is 17.8 Å². The number of benzene rings is 1. The molecule has 330 valence electrons. The lowest BCUT2D eigenvalue weighted by Crippen LogP contribution is -2.67. The Hall–Kier alpha value is -4.65. The highest BCUT2D eigenvalue weighted by Crippen LogP contribution is 2.58. The summed E-state index contributed by atoms with van der Waals surface area (Å²) in [7, 11) is 1.53. The van der Waals surface area contributed by atoms with E-state index in [4.69, 9.17) is 57.1 Å². The van der Waals surface area contributed by atoms with E-state index in [1.165, 1.54) is 34.1 Å². The summed E-state index contributed by atoms with van der Waals surface area (Å²) in [6.07, 6.45) is -5.42. The molecule has 1 aromatic carbocycles. The number of hydrogen-bond donors (Lipinski definition) is 0. The predicted octanol–water partition coefficient (Wildman–Crippen LogP) is 3.16. The van der Waals surface area contributed by atoms with Gasteiger partial charge in [0.2, 0.25) is 0 Å². The molecule has 0 aromatic heterocycles. The highest BCUT2D eigenvalue weighted by Gasteiger charge is 2.60. The second-order valence-corrected chi connectivity index (χ2v) is 16.3. The maximum Gasteiger partial charge on any atom is 0.303 e. The van der Waals surface area contributed by atoms with E-state index >= 15 is 0 Å². The largest absolute Gasteiger partial charge is 0.497 e. The summed E-state index contributed by atoms with van der Waals surface area (Å²) < 4.78 is 66.2. The van der Waals surface area contributed by atoms with E-state index in [0.29, 0.717) is 29.1 Å². The number of carbonyl (C=O) groups is 6. The van der Waals surface area contributed by atoms with Gasteiger partial charge in [-0.3, -0.25) is 33.8 Å². The molecule has 2 saturated heterocycles. The van der Waals surface area contributed by atoms with E-state index in [1.807, 2.05) is 0 Å². The molecule has 6 aliphatic rings. The summed E-state index contributed by atoms with van der Waals surface area (Å²) in [5.41, 5.74) is -0.0489. The molecule has 2 heterocycles. The fourth-order valence-electron chi connectivity index (χ4n) is 9.71. The van der Waals surface area contributed by atoms with E-state index in [1.54, 1.807) is 24.3 Å². The van der Waals surface area contributed by atoms with Crippen LogP contribution in [0.15, 0.2) is 29.3 Å². The summed E-state index contributed by atoms with van der Waals surface area (Å²) in [6, 6.07) is 5.56. The van der Waals surface area contributed by atoms with Crippen molar-refractivity contribution in [3.8, 4) is 5.75 Å². The van der Waals surface area contributed by atoms with Crippen LogP contribution in [-0.2, 0) is 76.1 Å². The number of aliphatic imine (C=N–C) groups is 1. The quantitative estimate of drug-likeness (QED) is 0.141. The van der Waals surface area contributed by atoms with Gasteiger partial charge in [-0.15, -0.1) is 0 Å². The zero-order valence-electron chi connectivity index (χ0n) is 34.9. The van der Waals surface area contributed by atoms with Crippen molar-refractivity contribution in [2.45, 2.75) is 147 Å². The average Bonchev–Trinajstić information content (AvgIpc) is 3.15. The van der Waals surface area contributed by atoms with Crippen LogP contribution in [0.4, 0.5) is 0 Å². The van der Waals surface area contributed by atoms with Gasteiger partial charge in [-0.05, 0) is 86.1 Å². The van der Waals surface area contributed by atoms with Gasteiger partial charge in [-0.2, -0.15) is 0 Å². The molecule has 0 amide bonds. The van der Waals surface area contributed by atoms with Gasteiger partial charge in [0.05, 0.1) is 12.7 Å². The lowest BCUT2D eigenvalue weighted by Gasteiger charge is -2.58. The zero-order valence-corrected chi connectivity index (χ0v) is 34.9. The Balaban J connectivity index is 1.46. The molecule has 1 aromatic rings. The highest BCUT2D eigenvalue weighted by atomic mass is 16.8. The second kappa shape index (κ2) is 19.4. The Kier molecular flexibility index (Phi) is 14.5. The SMILES string of the molecule is COc1ccc(C=N[C@H]2[C@@H](O[C@H]3[C@@H](OC45CC6CC(CC(C6)C4)C5)O[C@H](COC(C)=O)[C@@H](OC(C)=O)[C@@H]3OC(C)=O)O[C@H](COC(C)=O)[C@@H](OC(C)=O)[C@@H]2OC(C)=O)cc1. The topological polar surface area (TPSA) is 216 Å². The van der Waals surface area contributed by atoms with Crippen LogP contribution in [0.5, 0.6) is 5.75 Å². The lowest BCUT2D eigenvalue weighted by atomic mass is 9.54. The minimum absolute atomic E-state index is 0.393. The number of nitrogens with zero attached hydrogens (tertiary/aromatic N) is 1.